The van der Waals surface area contributed by atoms with E-state index in [1.54, 1.807) is 18.4 Å². The van der Waals surface area contributed by atoms with Crippen molar-refractivity contribution >= 4 is 27.4 Å². The van der Waals surface area contributed by atoms with E-state index in [1.807, 2.05) is 12.1 Å². The molecule has 1 fully saturated rings. The fraction of sp³-hybridized carbons (Fsp3) is 0.571. The third-order valence-electron chi connectivity index (χ3n) is 5.22. The van der Waals surface area contributed by atoms with Crippen molar-refractivity contribution in [2.75, 3.05) is 59.9 Å². The minimum atomic E-state index is -0.537. The van der Waals surface area contributed by atoms with Gasteiger partial charge in [-0.25, -0.2) is 0 Å². The summed E-state index contributed by atoms with van der Waals surface area (Å²) in [5.41, 5.74) is 0. The van der Waals surface area contributed by atoms with Gasteiger partial charge in [-0.05, 0) is 57.0 Å². The van der Waals surface area contributed by atoms with Crippen molar-refractivity contribution in [3.05, 3.63) is 35.2 Å². The molecule has 0 saturated carbocycles. The number of hydrogen-bond donors (Lipinski definition) is 3. The Morgan fingerprint density at radius 3 is 2.89 bits per heavy atom. The van der Waals surface area contributed by atoms with Crippen LogP contribution in [0.4, 0.5) is 0 Å². The van der Waals surface area contributed by atoms with Crippen LogP contribution in [0, 0.1) is 0 Å². The van der Waals surface area contributed by atoms with E-state index in [2.05, 4.69) is 50.7 Å². The molecule has 2 heterocycles. The molecule has 1 aliphatic heterocycles. The number of guanidine groups is 1. The van der Waals surface area contributed by atoms with Gasteiger partial charge in [0.15, 0.2) is 5.96 Å². The van der Waals surface area contributed by atoms with Gasteiger partial charge in [-0.2, -0.15) is 0 Å². The largest absolute Gasteiger partial charge is 0.386 e. The molecule has 0 aliphatic carbocycles. The predicted octanol–water partition coefficient (Wildman–Crippen LogP) is 2.13. The van der Waals surface area contributed by atoms with Crippen LogP contribution in [0.15, 0.2) is 35.3 Å². The summed E-state index contributed by atoms with van der Waals surface area (Å²) in [6.07, 6.45) is 1.80. The maximum atomic E-state index is 10.5. The van der Waals surface area contributed by atoms with Crippen LogP contribution >= 0.6 is 11.3 Å². The smallest absolute Gasteiger partial charge is 0.191 e. The Balaban J connectivity index is 1.37. The molecule has 3 N–H and O–H groups in total. The lowest BCUT2D eigenvalue weighted by Gasteiger charge is -2.20. The number of benzene rings is 1. The number of nitrogens with zero attached hydrogens (tertiary/aromatic N) is 3. The fourth-order valence-corrected chi connectivity index (χ4v) is 4.56. The van der Waals surface area contributed by atoms with Crippen LogP contribution in [0.25, 0.3) is 10.1 Å². The third-order valence-corrected chi connectivity index (χ3v) is 6.43. The highest BCUT2D eigenvalue weighted by atomic mass is 32.1. The lowest BCUT2D eigenvalue weighted by molar-refractivity contribution is 0.184. The summed E-state index contributed by atoms with van der Waals surface area (Å²) in [6, 6.07) is 10.3. The van der Waals surface area contributed by atoms with Gasteiger partial charge in [-0.1, -0.05) is 18.2 Å². The molecule has 1 aliphatic rings. The van der Waals surface area contributed by atoms with E-state index in [0.717, 1.165) is 43.4 Å². The average molecular weight is 404 g/mol. The molecule has 1 aromatic carbocycles. The molecule has 154 valence electrons. The highest BCUT2D eigenvalue weighted by molar-refractivity contribution is 7.19. The minimum Gasteiger partial charge on any atom is -0.386 e. The molecule has 0 amide bonds. The van der Waals surface area contributed by atoms with Crippen LogP contribution in [0.2, 0.25) is 0 Å². The van der Waals surface area contributed by atoms with Gasteiger partial charge in [0.1, 0.15) is 6.10 Å². The predicted molar refractivity (Wildman–Crippen MR) is 119 cm³/mol. The molecule has 28 heavy (non-hydrogen) atoms. The number of nitrogens with one attached hydrogen (secondary N) is 2. The molecule has 0 radical (unpaired) electrons. The molecule has 0 bridgehead atoms. The van der Waals surface area contributed by atoms with Crippen LogP contribution in [-0.2, 0) is 0 Å². The topological polar surface area (TPSA) is 63.1 Å². The number of aliphatic hydroxyl groups excluding tert-OH is 1. The highest BCUT2D eigenvalue weighted by Gasteiger charge is 2.13. The van der Waals surface area contributed by atoms with Crippen LogP contribution in [0.3, 0.4) is 0 Å². The van der Waals surface area contributed by atoms with Crippen molar-refractivity contribution in [1.82, 2.24) is 20.4 Å². The summed E-state index contributed by atoms with van der Waals surface area (Å²) in [6.45, 7) is 7.15. The Hall–Kier alpha value is -1.67. The van der Waals surface area contributed by atoms with Crippen molar-refractivity contribution in [3.8, 4) is 0 Å². The summed E-state index contributed by atoms with van der Waals surface area (Å²) in [5, 5.41) is 18.3. The number of aliphatic imine (C=N–C) groups is 1. The van der Waals surface area contributed by atoms with E-state index in [4.69, 9.17) is 0 Å². The summed E-state index contributed by atoms with van der Waals surface area (Å²) in [4.78, 5) is 10.2. The minimum absolute atomic E-state index is 0.449. The molecule has 6 nitrogen and oxygen atoms in total. The number of likely N-dealkylation sites (N-methyl/N-ethyl adjacent to an activating group) is 1. The average Bonchev–Trinajstić information content (AvgIpc) is 3.04. The number of aliphatic hydroxyl groups is 1. The molecular formula is C21H33N5OS. The second-order valence-electron chi connectivity index (χ2n) is 7.43. The molecule has 1 unspecified atom stereocenters. The van der Waals surface area contributed by atoms with E-state index in [1.165, 1.54) is 29.6 Å². The van der Waals surface area contributed by atoms with Crippen LogP contribution in [0.1, 0.15) is 23.8 Å². The van der Waals surface area contributed by atoms with Gasteiger partial charge >= 0.3 is 0 Å². The van der Waals surface area contributed by atoms with E-state index < -0.39 is 6.10 Å². The van der Waals surface area contributed by atoms with Gasteiger partial charge in [-0.15, -0.1) is 11.3 Å². The van der Waals surface area contributed by atoms with Crippen LogP contribution < -0.4 is 10.6 Å². The number of thiophene rings is 1. The van der Waals surface area contributed by atoms with Crippen molar-refractivity contribution in [1.29, 1.82) is 0 Å². The van der Waals surface area contributed by atoms with Crippen LogP contribution in [-0.4, -0.2) is 80.8 Å². The second kappa shape index (κ2) is 10.8. The summed E-state index contributed by atoms with van der Waals surface area (Å²) < 4.78 is 1.21. The Bertz CT molecular complexity index is 729. The fourth-order valence-electron chi connectivity index (χ4n) is 3.51. The Morgan fingerprint density at radius 2 is 2.07 bits per heavy atom. The van der Waals surface area contributed by atoms with Gasteiger partial charge in [0.2, 0.25) is 0 Å². The first-order chi connectivity index (χ1) is 13.7. The molecule has 7 heteroatoms. The first kappa shape index (κ1) is 21.0. The number of fused-ring (bicyclic) bond motifs is 1. The van der Waals surface area contributed by atoms with Gasteiger partial charge < -0.3 is 25.5 Å². The first-order valence-electron chi connectivity index (χ1n) is 10.2. The van der Waals surface area contributed by atoms with Gasteiger partial charge in [-0.3, -0.25) is 4.99 Å². The third kappa shape index (κ3) is 6.17. The van der Waals surface area contributed by atoms with Gasteiger partial charge in [0, 0.05) is 42.8 Å². The Morgan fingerprint density at radius 1 is 1.21 bits per heavy atom. The van der Waals surface area contributed by atoms with Crippen LogP contribution in [0.5, 0.6) is 0 Å². The summed E-state index contributed by atoms with van der Waals surface area (Å²) >= 11 is 1.64. The standard InChI is InChI=1S/C21H33N5OS/c1-22-21(23-9-5-11-26-12-6-10-25(2)13-14-26)24-16-18(27)20-15-17-7-3-4-8-19(17)28-20/h3-4,7-8,15,18,27H,5-6,9-14,16H2,1-2H3,(H2,22,23,24). The molecule has 0 spiro atoms. The van der Waals surface area contributed by atoms with Crippen molar-refractivity contribution < 1.29 is 5.11 Å². The van der Waals surface area contributed by atoms with Gasteiger partial charge in [0.25, 0.3) is 0 Å². The maximum absolute atomic E-state index is 10.5. The Labute approximate surface area is 172 Å². The monoisotopic (exact) mass is 403 g/mol. The zero-order valence-electron chi connectivity index (χ0n) is 17.0. The quantitative estimate of drug-likeness (QED) is 0.376. The highest BCUT2D eigenvalue weighted by Crippen LogP contribution is 2.29. The summed E-state index contributed by atoms with van der Waals surface area (Å²) in [7, 11) is 3.97. The van der Waals surface area contributed by atoms with Crippen molar-refractivity contribution in [3.63, 3.8) is 0 Å². The lowest BCUT2D eigenvalue weighted by Crippen LogP contribution is -2.40. The van der Waals surface area contributed by atoms with E-state index in [9.17, 15) is 5.11 Å². The van der Waals surface area contributed by atoms with E-state index >= 15 is 0 Å². The van der Waals surface area contributed by atoms with Crippen molar-refractivity contribution in [2.45, 2.75) is 18.9 Å². The van der Waals surface area contributed by atoms with Gasteiger partial charge in [0.05, 0.1) is 0 Å². The molecular weight excluding hydrogens is 370 g/mol. The second-order valence-corrected chi connectivity index (χ2v) is 8.55. The molecule has 1 atom stereocenters. The summed E-state index contributed by atoms with van der Waals surface area (Å²) in [5.74, 6) is 0.746. The maximum Gasteiger partial charge on any atom is 0.191 e. The molecule has 1 saturated heterocycles. The van der Waals surface area contributed by atoms with E-state index in [-0.39, 0.29) is 0 Å². The number of rotatable bonds is 7. The zero-order chi connectivity index (χ0) is 19.8. The normalized spacial score (nSPS) is 18.2. The molecule has 3 rings (SSSR count). The zero-order valence-corrected chi connectivity index (χ0v) is 17.8. The SMILES string of the molecule is CN=C(NCCCN1CCCN(C)CC1)NCC(O)c1cc2ccccc2s1. The Kier molecular flexibility index (Phi) is 8.09. The molecule has 1 aromatic heterocycles. The molecule has 2 aromatic rings. The van der Waals surface area contributed by atoms with E-state index in [0.29, 0.717) is 6.54 Å². The lowest BCUT2D eigenvalue weighted by atomic mass is 10.2. The first-order valence-corrected chi connectivity index (χ1v) is 11.0. The van der Waals surface area contributed by atoms with Crippen molar-refractivity contribution in [2.24, 2.45) is 4.99 Å². The number of hydrogen-bond acceptors (Lipinski definition) is 5.